The van der Waals surface area contributed by atoms with Crippen molar-refractivity contribution in [3.8, 4) is 12.1 Å². The summed E-state index contributed by atoms with van der Waals surface area (Å²) in [5, 5.41) is 13.7. The van der Waals surface area contributed by atoms with Crippen molar-refractivity contribution >= 4 is 76.0 Å². The standard InChI is InChI=1S/C22F6N6S2/c1-31-5(3-29)21-33-17-8-7-9(11(23)12(24)10(8)13(25)16(28)20(17)36-21)14(26)18-19(15(7)27)35-22(34-18)6(4-30)32-2/b21-5+,22-6+. The van der Waals surface area contributed by atoms with E-state index >= 15 is 17.6 Å². The average molecular weight is 526 g/mol. The van der Waals surface area contributed by atoms with E-state index in [2.05, 4.69) is 19.7 Å². The molecule has 6 nitrogen and oxygen atoms in total. The third-order valence-electron chi connectivity index (χ3n) is 5.17. The van der Waals surface area contributed by atoms with Crippen molar-refractivity contribution < 1.29 is 26.3 Å². The van der Waals surface area contributed by atoms with E-state index in [1.165, 1.54) is 12.1 Å². The summed E-state index contributed by atoms with van der Waals surface area (Å²) in [6.07, 6.45) is 0. The summed E-state index contributed by atoms with van der Waals surface area (Å²) >= 11 is 0.713. The second kappa shape index (κ2) is 7.89. The second-order valence-corrected chi connectivity index (χ2v) is 8.92. The monoisotopic (exact) mass is 526 g/mol. The summed E-state index contributed by atoms with van der Waals surface area (Å²) in [6, 6.07) is 3.00. The molecular weight excluding hydrogens is 526 g/mol. The van der Waals surface area contributed by atoms with Crippen LogP contribution in [0, 0.1) is 70.7 Å². The van der Waals surface area contributed by atoms with E-state index in [0.29, 0.717) is 22.7 Å². The molecule has 0 radical (unpaired) electrons. The normalized spacial score (nSPS) is 12.9. The number of halogens is 6. The Bertz CT molecular complexity index is 2140. The Balaban J connectivity index is 2.21. The average Bonchev–Trinajstić information content (AvgIpc) is 3.50. The molecule has 0 amide bonds. The van der Waals surface area contributed by atoms with E-state index < -0.39 is 97.6 Å². The van der Waals surface area contributed by atoms with E-state index in [9.17, 15) is 8.78 Å². The Kier molecular flexibility index (Phi) is 5.04. The molecule has 0 aliphatic rings. The van der Waals surface area contributed by atoms with Crippen LogP contribution >= 0.6 is 22.7 Å². The van der Waals surface area contributed by atoms with E-state index in [-0.39, 0.29) is 0 Å². The Morgan fingerprint density at radius 1 is 0.611 bits per heavy atom. The van der Waals surface area contributed by atoms with Gasteiger partial charge in [-0.25, -0.2) is 56.5 Å². The van der Waals surface area contributed by atoms with Gasteiger partial charge in [-0.2, -0.15) is 0 Å². The van der Waals surface area contributed by atoms with Crippen LogP contribution in [0.4, 0.5) is 26.3 Å². The van der Waals surface area contributed by atoms with Gasteiger partial charge in [0.15, 0.2) is 34.9 Å². The van der Waals surface area contributed by atoms with Gasteiger partial charge in [-0.05, 0) is 0 Å². The molecule has 0 bridgehead atoms. The first kappa shape index (κ1) is 23.0. The first-order valence-electron chi connectivity index (χ1n) is 9.19. The lowest BCUT2D eigenvalue weighted by Crippen LogP contribution is -2.03. The fourth-order valence-electron chi connectivity index (χ4n) is 3.70. The fraction of sp³-hybridized carbons (Fsp3) is 0. The van der Waals surface area contributed by atoms with E-state index in [4.69, 9.17) is 23.7 Å². The summed E-state index contributed by atoms with van der Waals surface area (Å²) in [7, 11) is 0. The van der Waals surface area contributed by atoms with Gasteiger partial charge >= 0.3 is 0 Å². The van der Waals surface area contributed by atoms with Crippen molar-refractivity contribution in [1.29, 1.82) is 10.5 Å². The summed E-state index contributed by atoms with van der Waals surface area (Å²) in [5.74, 6) is -10.6. The number of rotatable bonds is 0. The van der Waals surface area contributed by atoms with Gasteiger partial charge in [0.2, 0.25) is 0 Å². The van der Waals surface area contributed by atoms with Crippen molar-refractivity contribution in [2.24, 2.45) is 0 Å². The number of hydrogen-bond acceptors (Lipinski definition) is 6. The smallest absolute Gasteiger partial charge is 0.247 e. The van der Waals surface area contributed by atoms with Crippen LogP contribution in [0.15, 0.2) is 0 Å². The highest BCUT2D eigenvalue weighted by atomic mass is 32.1. The number of fused-ring (bicyclic) bond motifs is 6. The number of nitrogens with zero attached hydrogens (tertiary/aromatic N) is 6. The third-order valence-corrected chi connectivity index (χ3v) is 7.28. The van der Waals surface area contributed by atoms with Crippen LogP contribution in [0.5, 0.6) is 0 Å². The Morgan fingerprint density at radius 3 is 1.56 bits per heavy atom. The van der Waals surface area contributed by atoms with Crippen LogP contribution in [0.2, 0.25) is 0 Å². The summed E-state index contributed by atoms with van der Waals surface area (Å²) in [4.78, 5) is 13.4. The van der Waals surface area contributed by atoms with Crippen LogP contribution in [-0.2, 0) is 0 Å². The molecule has 5 aromatic rings. The highest BCUT2D eigenvalue weighted by Crippen LogP contribution is 2.43. The predicted octanol–water partition coefficient (Wildman–Crippen LogP) is 5.15. The first-order chi connectivity index (χ1) is 17.2. The number of hydrogen-bond donors (Lipinski definition) is 0. The number of aromatic nitrogens is 2. The quantitative estimate of drug-likeness (QED) is 0.159. The zero-order chi connectivity index (χ0) is 26.0. The van der Waals surface area contributed by atoms with Gasteiger partial charge in [0, 0.05) is 10.8 Å². The van der Waals surface area contributed by atoms with Gasteiger partial charge in [0.1, 0.15) is 14.8 Å². The number of thiazole rings is 2. The Labute approximate surface area is 202 Å². The fourth-order valence-corrected chi connectivity index (χ4v) is 5.58. The zero-order valence-electron chi connectivity index (χ0n) is 16.8. The van der Waals surface area contributed by atoms with Crippen molar-refractivity contribution in [2.75, 3.05) is 0 Å². The minimum absolute atomic E-state index is 0.342. The van der Waals surface area contributed by atoms with Crippen molar-refractivity contribution in [1.82, 2.24) is 9.97 Å². The highest BCUT2D eigenvalue weighted by Gasteiger charge is 2.31. The first-order valence-corrected chi connectivity index (χ1v) is 10.8. The lowest BCUT2D eigenvalue weighted by molar-refractivity contribution is 0.500. The number of benzene rings is 3. The molecule has 0 saturated carbocycles. The van der Waals surface area contributed by atoms with E-state index in [0.717, 1.165) is 0 Å². The molecule has 36 heavy (non-hydrogen) atoms. The maximum absolute atomic E-state index is 15.8. The van der Waals surface area contributed by atoms with Crippen LogP contribution < -0.4 is 9.33 Å². The highest BCUT2D eigenvalue weighted by molar-refractivity contribution is 7.17. The molecule has 14 heteroatoms. The number of nitriles is 2. The maximum atomic E-state index is 15.8. The Morgan fingerprint density at radius 2 is 1.06 bits per heavy atom. The third kappa shape index (κ3) is 2.80. The van der Waals surface area contributed by atoms with Crippen molar-refractivity contribution in [3.63, 3.8) is 0 Å². The molecule has 0 unspecified atom stereocenters. The van der Waals surface area contributed by atoms with Crippen molar-refractivity contribution in [3.05, 3.63) is 67.1 Å². The molecule has 0 atom stereocenters. The summed E-state index contributed by atoms with van der Waals surface area (Å²) in [6.45, 7) is 14.0. The predicted molar refractivity (Wildman–Crippen MR) is 118 cm³/mol. The molecule has 0 saturated heterocycles. The van der Waals surface area contributed by atoms with Crippen LogP contribution in [0.25, 0.3) is 63.1 Å². The lowest BCUT2D eigenvalue weighted by atomic mass is 9.98. The van der Waals surface area contributed by atoms with Crippen LogP contribution in [0.3, 0.4) is 0 Å². The molecule has 0 aliphatic heterocycles. The van der Waals surface area contributed by atoms with Crippen LogP contribution in [0.1, 0.15) is 0 Å². The van der Waals surface area contributed by atoms with E-state index in [1.807, 2.05) is 0 Å². The lowest BCUT2D eigenvalue weighted by Gasteiger charge is -2.12. The summed E-state index contributed by atoms with van der Waals surface area (Å²) in [5.41, 5.74) is -2.68. The molecule has 0 aliphatic carbocycles. The minimum Gasteiger partial charge on any atom is -0.247 e. The molecule has 0 spiro atoms. The van der Waals surface area contributed by atoms with Gasteiger partial charge in [-0.3, -0.25) is 0 Å². The van der Waals surface area contributed by atoms with E-state index in [1.54, 1.807) is 0 Å². The molecule has 0 fully saturated rings. The SMILES string of the molecule is [C-]#[N+]/C(C#N)=c1\nc2c(F)c3c(F)c(F)c4c(F)c(F)c5s/c(=C(\C#N)[N+]#[C-])nc5c4c3c(F)c2s1. The molecule has 172 valence electrons. The minimum atomic E-state index is -2.03. The van der Waals surface area contributed by atoms with Gasteiger partial charge in [0.25, 0.3) is 11.4 Å². The second-order valence-electron chi connectivity index (χ2n) is 6.92. The molecule has 5 rings (SSSR count). The topological polar surface area (TPSA) is 82.1 Å². The Hall–Kier alpha value is -4.76. The largest absolute Gasteiger partial charge is 0.296 e. The molecule has 2 aromatic heterocycles. The maximum Gasteiger partial charge on any atom is 0.296 e. The molecular formula is C22F6N6S2. The zero-order valence-corrected chi connectivity index (χ0v) is 18.4. The summed E-state index contributed by atoms with van der Waals surface area (Å²) < 4.78 is 89.1. The van der Waals surface area contributed by atoms with Crippen molar-refractivity contribution in [2.45, 2.75) is 0 Å². The van der Waals surface area contributed by atoms with Gasteiger partial charge in [-0.1, -0.05) is 0 Å². The van der Waals surface area contributed by atoms with Crippen LogP contribution in [-0.4, -0.2) is 9.97 Å². The van der Waals surface area contributed by atoms with Gasteiger partial charge in [-0.15, -0.1) is 22.7 Å². The molecule has 0 N–H and O–H groups in total. The molecule has 2 heterocycles. The van der Waals surface area contributed by atoms with Gasteiger partial charge in [0.05, 0.1) is 51.0 Å². The molecule has 3 aromatic carbocycles. The van der Waals surface area contributed by atoms with Gasteiger partial charge < -0.3 is 0 Å².